The second-order valence-electron chi connectivity index (χ2n) is 4.45. The van der Waals surface area contributed by atoms with Crippen molar-refractivity contribution < 1.29 is 4.79 Å². The second kappa shape index (κ2) is 5.49. The zero-order chi connectivity index (χ0) is 12.3. The molecule has 5 heteroatoms. The third-order valence-corrected chi connectivity index (χ3v) is 3.91. The first-order valence-corrected chi connectivity index (χ1v) is 6.76. The number of rotatable bonds is 2. The maximum absolute atomic E-state index is 12.0. The number of nitrogens with one attached hydrogen (secondary N) is 1. The molecule has 1 aromatic heterocycles. The third-order valence-electron chi connectivity index (χ3n) is 2.98. The van der Waals surface area contributed by atoms with Gasteiger partial charge < -0.3 is 4.98 Å². The van der Waals surface area contributed by atoms with Gasteiger partial charge in [0.05, 0.1) is 0 Å². The number of hydrogen-bond donors (Lipinski definition) is 1. The molecule has 0 amide bonds. The lowest BCUT2D eigenvalue weighted by atomic mass is 9.90. The predicted molar refractivity (Wildman–Crippen MR) is 67.0 cm³/mol. The minimum Gasteiger partial charge on any atom is -0.301 e. The zero-order valence-corrected chi connectivity index (χ0v) is 10.7. The predicted octanol–water partition coefficient (Wildman–Crippen LogP) is 2.28. The minimum atomic E-state index is -0.198. The van der Waals surface area contributed by atoms with Gasteiger partial charge in [-0.15, -0.1) is 0 Å². The van der Waals surface area contributed by atoms with Crippen LogP contribution in [0.3, 0.4) is 0 Å². The Kier molecular flexibility index (Phi) is 3.99. The lowest BCUT2D eigenvalue weighted by Gasteiger charge is -2.19. The molecule has 0 radical (unpaired) electrons. The van der Waals surface area contributed by atoms with Crippen molar-refractivity contribution in [2.75, 3.05) is 0 Å². The van der Waals surface area contributed by atoms with Crippen molar-refractivity contribution in [3.05, 3.63) is 22.1 Å². The number of hydrogen-bond acceptors (Lipinski definition) is 4. The number of aromatic amines is 1. The van der Waals surface area contributed by atoms with Crippen molar-refractivity contribution >= 4 is 16.9 Å². The summed E-state index contributed by atoms with van der Waals surface area (Å²) < 4.78 is 0. The molecule has 92 valence electrons. The van der Waals surface area contributed by atoms with Gasteiger partial charge >= 0.3 is 0 Å². The van der Waals surface area contributed by atoms with Gasteiger partial charge in [0.15, 0.2) is 10.3 Å². The summed E-state index contributed by atoms with van der Waals surface area (Å²) in [7, 11) is 0. The summed E-state index contributed by atoms with van der Waals surface area (Å²) in [6.07, 6.45) is 5.45. The van der Waals surface area contributed by atoms with E-state index in [2.05, 4.69) is 9.97 Å². The summed E-state index contributed by atoms with van der Waals surface area (Å²) in [6, 6.07) is 1.43. The molecule has 0 saturated heterocycles. The van der Waals surface area contributed by atoms with E-state index in [9.17, 15) is 9.59 Å². The van der Waals surface area contributed by atoms with Crippen molar-refractivity contribution in [2.24, 2.45) is 5.92 Å². The fraction of sp³-hybridized carbons (Fsp3) is 0.583. The van der Waals surface area contributed by atoms with Crippen LogP contribution in [0, 0.1) is 12.8 Å². The van der Waals surface area contributed by atoms with Gasteiger partial charge in [-0.1, -0.05) is 19.3 Å². The smallest absolute Gasteiger partial charge is 0.251 e. The van der Waals surface area contributed by atoms with E-state index in [0.29, 0.717) is 10.9 Å². The first-order chi connectivity index (χ1) is 8.15. The molecular weight excluding hydrogens is 236 g/mol. The molecule has 1 aliphatic carbocycles. The van der Waals surface area contributed by atoms with Crippen LogP contribution in [0.4, 0.5) is 0 Å². The Bertz CT molecular complexity index is 464. The molecule has 0 unspecified atom stereocenters. The van der Waals surface area contributed by atoms with Gasteiger partial charge in [0, 0.05) is 17.7 Å². The van der Waals surface area contributed by atoms with Gasteiger partial charge in [-0.05, 0) is 31.5 Å². The molecule has 0 atom stereocenters. The number of aromatic nitrogens is 2. The summed E-state index contributed by atoms with van der Waals surface area (Å²) in [5, 5.41) is 0.559. The average molecular weight is 252 g/mol. The molecule has 1 N–H and O–H groups in total. The highest BCUT2D eigenvalue weighted by atomic mass is 32.2. The van der Waals surface area contributed by atoms with Crippen LogP contribution in [-0.4, -0.2) is 15.1 Å². The number of aryl methyl sites for hydroxylation is 1. The second-order valence-corrected chi connectivity index (χ2v) is 5.44. The van der Waals surface area contributed by atoms with Crippen molar-refractivity contribution in [1.29, 1.82) is 0 Å². The molecule has 0 aromatic carbocycles. The molecule has 1 aromatic rings. The fourth-order valence-electron chi connectivity index (χ4n) is 2.12. The SMILES string of the molecule is Cc1cc(=O)[nH]c(SC(=O)C2CCCCC2)n1. The molecule has 0 bridgehead atoms. The Morgan fingerprint density at radius 1 is 1.41 bits per heavy atom. The van der Waals surface area contributed by atoms with Gasteiger partial charge in [0.25, 0.3) is 5.56 Å². The number of carbonyl (C=O) groups excluding carboxylic acids is 1. The van der Waals surface area contributed by atoms with Crippen molar-refractivity contribution in [3.63, 3.8) is 0 Å². The maximum Gasteiger partial charge on any atom is 0.251 e. The molecule has 2 rings (SSSR count). The number of carbonyl (C=O) groups is 1. The zero-order valence-electron chi connectivity index (χ0n) is 9.86. The van der Waals surface area contributed by atoms with E-state index >= 15 is 0 Å². The Morgan fingerprint density at radius 3 is 2.76 bits per heavy atom. The Balaban J connectivity index is 2.04. The lowest BCUT2D eigenvalue weighted by molar-refractivity contribution is -0.115. The van der Waals surface area contributed by atoms with E-state index in [1.807, 2.05) is 0 Å². The van der Waals surface area contributed by atoms with Crippen LogP contribution in [0.2, 0.25) is 0 Å². The van der Waals surface area contributed by atoms with Gasteiger partial charge in [-0.25, -0.2) is 4.98 Å². The van der Waals surface area contributed by atoms with E-state index in [1.165, 1.54) is 12.5 Å². The quantitative estimate of drug-likeness (QED) is 0.648. The Hall–Kier alpha value is -1.10. The number of H-pyrrole nitrogens is 1. The number of nitrogens with zero attached hydrogens (tertiary/aromatic N) is 1. The third kappa shape index (κ3) is 3.43. The molecule has 1 saturated carbocycles. The molecule has 1 heterocycles. The topological polar surface area (TPSA) is 62.8 Å². The molecule has 0 spiro atoms. The molecule has 1 fully saturated rings. The highest BCUT2D eigenvalue weighted by molar-refractivity contribution is 8.13. The Labute approximate surface area is 104 Å². The molecule has 4 nitrogen and oxygen atoms in total. The van der Waals surface area contributed by atoms with Crippen LogP contribution in [0.15, 0.2) is 16.0 Å². The van der Waals surface area contributed by atoms with E-state index < -0.39 is 0 Å². The van der Waals surface area contributed by atoms with E-state index in [-0.39, 0.29) is 16.6 Å². The number of thioether (sulfide) groups is 1. The maximum atomic E-state index is 12.0. The average Bonchev–Trinajstić information content (AvgIpc) is 2.28. The summed E-state index contributed by atoms with van der Waals surface area (Å²) in [5.41, 5.74) is 0.448. The van der Waals surface area contributed by atoms with Crippen LogP contribution in [0.1, 0.15) is 37.8 Å². The lowest BCUT2D eigenvalue weighted by Crippen LogP contribution is -2.16. The highest BCUT2D eigenvalue weighted by Crippen LogP contribution is 2.29. The van der Waals surface area contributed by atoms with E-state index in [0.717, 1.165) is 37.4 Å². The Morgan fingerprint density at radius 2 is 2.12 bits per heavy atom. The highest BCUT2D eigenvalue weighted by Gasteiger charge is 2.22. The monoisotopic (exact) mass is 252 g/mol. The van der Waals surface area contributed by atoms with Crippen molar-refractivity contribution in [2.45, 2.75) is 44.2 Å². The van der Waals surface area contributed by atoms with Crippen molar-refractivity contribution in [1.82, 2.24) is 9.97 Å². The summed E-state index contributed by atoms with van der Waals surface area (Å²) in [4.78, 5) is 30.0. The van der Waals surface area contributed by atoms with E-state index in [1.54, 1.807) is 6.92 Å². The molecule has 0 aliphatic heterocycles. The van der Waals surface area contributed by atoms with Crippen LogP contribution < -0.4 is 5.56 Å². The fourth-order valence-corrected chi connectivity index (χ4v) is 3.05. The van der Waals surface area contributed by atoms with Crippen LogP contribution >= 0.6 is 11.8 Å². The van der Waals surface area contributed by atoms with Gasteiger partial charge in [-0.2, -0.15) is 0 Å². The van der Waals surface area contributed by atoms with Crippen LogP contribution in [0.5, 0.6) is 0 Å². The molecular formula is C12H16N2O2S. The molecule has 1 aliphatic rings. The largest absolute Gasteiger partial charge is 0.301 e. The van der Waals surface area contributed by atoms with Crippen molar-refractivity contribution in [3.8, 4) is 0 Å². The normalized spacial score (nSPS) is 17.0. The molecule has 17 heavy (non-hydrogen) atoms. The van der Waals surface area contributed by atoms with Gasteiger partial charge in [0.1, 0.15) is 0 Å². The van der Waals surface area contributed by atoms with Crippen LogP contribution in [-0.2, 0) is 4.79 Å². The standard InChI is InChI=1S/C12H16N2O2S/c1-8-7-10(15)14-12(13-8)17-11(16)9-5-3-2-4-6-9/h7,9H,2-6H2,1H3,(H,13,14,15). The first-order valence-electron chi connectivity index (χ1n) is 5.95. The minimum absolute atomic E-state index is 0.137. The van der Waals surface area contributed by atoms with Gasteiger partial charge in [-0.3, -0.25) is 9.59 Å². The van der Waals surface area contributed by atoms with Gasteiger partial charge in [0.2, 0.25) is 0 Å². The first kappa shape index (κ1) is 12.4. The van der Waals surface area contributed by atoms with Crippen LogP contribution in [0.25, 0.3) is 0 Å². The summed E-state index contributed by atoms with van der Waals surface area (Å²) in [6.45, 7) is 1.75. The van der Waals surface area contributed by atoms with E-state index in [4.69, 9.17) is 0 Å². The summed E-state index contributed by atoms with van der Waals surface area (Å²) in [5.74, 6) is 0.138. The summed E-state index contributed by atoms with van der Waals surface area (Å²) >= 11 is 1.07.